The van der Waals surface area contributed by atoms with Crippen molar-refractivity contribution in [2.75, 3.05) is 13.2 Å². The minimum absolute atomic E-state index is 0.0153. The van der Waals surface area contributed by atoms with E-state index in [1.165, 1.54) is 0 Å². The minimum atomic E-state index is -0.917. The number of carbonyl (C=O) groups is 4. The van der Waals surface area contributed by atoms with Crippen LogP contribution in [-0.4, -0.2) is 51.8 Å². The SMILES string of the molecule is Cc1cc(C(=O)COC(=O)CN2C(=O)N[C@]3(CCCC[C@H]3C)C2=O)c(C)n1C(C)C. The Balaban J connectivity index is 1.61. The summed E-state index contributed by atoms with van der Waals surface area (Å²) >= 11 is 0. The van der Waals surface area contributed by atoms with Gasteiger partial charge in [0, 0.05) is 23.0 Å². The van der Waals surface area contributed by atoms with Crippen molar-refractivity contribution in [1.82, 2.24) is 14.8 Å². The molecule has 0 unspecified atom stereocenters. The number of imide groups is 1. The third kappa shape index (κ3) is 3.75. The van der Waals surface area contributed by atoms with Crippen LogP contribution >= 0.6 is 0 Å². The summed E-state index contributed by atoms with van der Waals surface area (Å²) in [6.45, 7) is 8.89. The van der Waals surface area contributed by atoms with Gasteiger partial charge in [0.1, 0.15) is 12.1 Å². The van der Waals surface area contributed by atoms with Crippen LogP contribution in [0.1, 0.15) is 74.2 Å². The highest BCUT2D eigenvalue weighted by atomic mass is 16.5. The molecule has 1 N–H and O–H groups in total. The van der Waals surface area contributed by atoms with Crippen molar-refractivity contribution < 1.29 is 23.9 Å². The Bertz CT molecular complexity index is 888. The Morgan fingerprint density at radius 3 is 2.57 bits per heavy atom. The van der Waals surface area contributed by atoms with Crippen molar-refractivity contribution in [2.24, 2.45) is 5.92 Å². The third-order valence-electron chi connectivity index (χ3n) is 6.45. The van der Waals surface area contributed by atoms with E-state index in [1.807, 2.05) is 39.2 Å². The molecule has 8 heteroatoms. The number of ether oxygens (including phenoxy) is 1. The second-order valence-electron chi connectivity index (χ2n) is 8.77. The van der Waals surface area contributed by atoms with Crippen molar-refractivity contribution in [1.29, 1.82) is 0 Å². The maximum atomic E-state index is 12.9. The van der Waals surface area contributed by atoms with E-state index in [9.17, 15) is 19.2 Å². The first-order valence-electron chi connectivity index (χ1n) is 10.6. The Morgan fingerprint density at radius 2 is 1.97 bits per heavy atom. The number of carbonyl (C=O) groups excluding carboxylic acids is 4. The lowest BCUT2D eigenvalue weighted by Gasteiger charge is -2.36. The molecule has 3 rings (SSSR count). The molecule has 2 heterocycles. The molecule has 1 aromatic heterocycles. The minimum Gasteiger partial charge on any atom is -0.456 e. The van der Waals surface area contributed by atoms with E-state index in [0.29, 0.717) is 12.0 Å². The van der Waals surface area contributed by atoms with Crippen LogP contribution in [0.4, 0.5) is 4.79 Å². The molecule has 1 saturated heterocycles. The highest BCUT2D eigenvalue weighted by Crippen LogP contribution is 2.38. The van der Waals surface area contributed by atoms with Crippen LogP contribution in [0.5, 0.6) is 0 Å². The fourth-order valence-electron chi connectivity index (χ4n) is 4.89. The summed E-state index contributed by atoms with van der Waals surface area (Å²) in [5.41, 5.74) is 1.38. The molecule has 1 aromatic rings. The van der Waals surface area contributed by atoms with Crippen LogP contribution in [0, 0.1) is 19.8 Å². The number of ketones is 1. The van der Waals surface area contributed by atoms with E-state index in [0.717, 1.165) is 35.6 Å². The zero-order chi connectivity index (χ0) is 22.2. The smallest absolute Gasteiger partial charge is 0.326 e. The van der Waals surface area contributed by atoms with Crippen LogP contribution in [-0.2, 0) is 14.3 Å². The largest absolute Gasteiger partial charge is 0.456 e. The highest BCUT2D eigenvalue weighted by Gasteiger charge is 2.55. The van der Waals surface area contributed by atoms with Crippen molar-refractivity contribution >= 4 is 23.7 Å². The molecule has 2 fully saturated rings. The van der Waals surface area contributed by atoms with Crippen LogP contribution in [0.25, 0.3) is 0 Å². The zero-order valence-electron chi connectivity index (χ0n) is 18.4. The first-order valence-corrected chi connectivity index (χ1v) is 10.6. The molecule has 164 valence electrons. The van der Waals surface area contributed by atoms with Crippen molar-refractivity contribution in [3.63, 3.8) is 0 Å². The predicted octanol–water partition coefficient (Wildman–Crippen LogP) is 2.91. The topological polar surface area (TPSA) is 97.7 Å². The molecule has 2 aliphatic rings. The number of nitrogens with zero attached hydrogens (tertiary/aromatic N) is 2. The lowest BCUT2D eigenvalue weighted by molar-refractivity contribution is -0.147. The maximum Gasteiger partial charge on any atom is 0.326 e. The second kappa shape index (κ2) is 8.24. The van der Waals surface area contributed by atoms with Gasteiger partial charge < -0.3 is 14.6 Å². The van der Waals surface area contributed by atoms with Gasteiger partial charge >= 0.3 is 12.0 Å². The standard InChI is InChI=1S/C22H31N3O5/c1-13(2)25-15(4)10-17(16(25)5)18(26)12-30-19(27)11-24-20(28)22(23-21(24)29)9-7-6-8-14(22)3/h10,13-14H,6-9,11-12H2,1-5H3,(H,23,29)/t14-,22+/m1/s1. The molecular formula is C22H31N3O5. The Morgan fingerprint density at radius 1 is 1.27 bits per heavy atom. The van der Waals surface area contributed by atoms with Gasteiger partial charge in [0.2, 0.25) is 5.78 Å². The number of aromatic nitrogens is 1. The second-order valence-corrected chi connectivity index (χ2v) is 8.77. The lowest BCUT2D eigenvalue weighted by atomic mass is 9.73. The fraction of sp³-hybridized carbons (Fsp3) is 0.636. The molecule has 3 amide bonds. The first-order chi connectivity index (χ1) is 14.1. The number of amides is 3. The van der Waals surface area contributed by atoms with Crippen LogP contribution < -0.4 is 5.32 Å². The first kappa shape index (κ1) is 22.1. The summed E-state index contributed by atoms with van der Waals surface area (Å²) in [7, 11) is 0. The molecule has 0 bridgehead atoms. The van der Waals surface area contributed by atoms with Gasteiger partial charge in [-0.05, 0) is 52.5 Å². The van der Waals surface area contributed by atoms with Crippen LogP contribution in [0.3, 0.4) is 0 Å². The van der Waals surface area contributed by atoms with E-state index >= 15 is 0 Å². The summed E-state index contributed by atoms with van der Waals surface area (Å²) < 4.78 is 7.16. The van der Waals surface area contributed by atoms with Crippen molar-refractivity contribution in [2.45, 2.75) is 71.9 Å². The summed E-state index contributed by atoms with van der Waals surface area (Å²) in [4.78, 5) is 51.0. The molecule has 0 aromatic carbocycles. The van der Waals surface area contributed by atoms with Crippen molar-refractivity contribution in [3.05, 3.63) is 23.0 Å². The molecule has 1 spiro atoms. The molecule has 30 heavy (non-hydrogen) atoms. The molecule has 2 atom stereocenters. The molecule has 1 saturated carbocycles. The Hall–Kier alpha value is -2.64. The molecular weight excluding hydrogens is 386 g/mol. The lowest BCUT2D eigenvalue weighted by Crippen LogP contribution is -2.54. The molecule has 1 aliphatic carbocycles. The van der Waals surface area contributed by atoms with E-state index in [-0.39, 0.29) is 23.7 Å². The van der Waals surface area contributed by atoms with Gasteiger partial charge in [0.25, 0.3) is 5.91 Å². The van der Waals surface area contributed by atoms with E-state index < -0.39 is 30.7 Å². The quantitative estimate of drug-likeness (QED) is 0.436. The number of hydrogen-bond acceptors (Lipinski definition) is 5. The molecule has 0 radical (unpaired) electrons. The van der Waals surface area contributed by atoms with Gasteiger partial charge in [-0.25, -0.2) is 4.79 Å². The van der Waals surface area contributed by atoms with Gasteiger partial charge in [-0.2, -0.15) is 0 Å². The average Bonchev–Trinajstić information content (AvgIpc) is 3.10. The summed E-state index contributed by atoms with van der Waals surface area (Å²) in [6.07, 6.45) is 3.31. The van der Waals surface area contributed by atoms with E-state index in [1.54, 1.807) is 6.07 Å². The molecule has 1 aliphatic heterocycles. The highest BCUT2D eigenvalue weighted by molar-refractivity contribution is 6.09. The number of rotatable bonds is 6. The normalized spacial score (nSPS) is 23.9. The number of esters is 1. The number of nitrogens with one attached hydrogen (secondary N) is 1. The molecule has 8 nitrogen and oxygen atoms in total. The summed E-state index contributed by atoms with van der Waals surface area (Å²) in [5, 5.41) is 2.80. The van der Waals surface area contributed by atoms with Crippen LogP contribution in [0.15, 0.2) is 6.07 Å². The Kier molecular flexibility index (Phi) is 6.06. The number of aryl methyl sites for hydroxylation is 1. The van der Waals surface area contributed by atoms with Gasteiger partial charge in [-0.15, -0.1) is 0 Å². The van der Waals surface area contributed by atoms with E-state index in [2.05, 4.69) is 5.32 Å². The average molecular weight is 418 g/mol. The number of Topliss-reactive ketones (excluding diaryl/α,β-unsaturated/α-hetero) is 1. The van der Waals surface area contributed by atoms with E-state index in [4.69, 9.17) is 4.74 Å². The van der Waals surface area contributed by atoms with Gasteiger partial charge in [-0.3, -0.25) is 19.3 Å². The fourth-order valence-corrected chi connectivity index (χ4v) is 4.89. The van der Waals surface area contributed by atoms with Crippen LogP contribution in [0.2, 0.25) is 0 Å². The Labute approximate surface area is 176 Å². The van der Waals surface area contributed by atoms with Gasteiger partial charge in [0.15, 0.2) is 6.61 Å². The third-order valence-corrected chi connectivity index (χ3v) is 6.45. The number of hydrogen-bond donors (Lipinski definition) is 1. The predicted molar refractivity (Wildman–Crippen MR) is 110 cm³/mol. The van der Waals surface area contributed by atoms with Gasteiger partial charge in [-0.1, -0.05) is 19.8 Å². The summed E-state index contributed by atoms with van der Waals surface area (Å²) in [5.74, 6) is -1.44. The van der Waals surface area contributed by atoms with Gasteiger partial charge in [0.05, 0.1) is 0 Å². The van der Waals surface area contributed by atoms with Crippen molar-refractivity contribution in [3.8, 4) is 0 Å². The monoisotopic (exact) mass is 417 g/mol. The summed E-state index contributed by atoms with van der Waals surface area (Å²) in [6, 6.07) is 1.43. The maximum absolute atomic E-state index is 12.9. The number of urea groups is 1. The zero-order valence-corrected chi connectivity index (χ0v) is 18.4.